The second-order valence-corrected chi connectivity index (χ2v) is 5.80. The molecule has 0 radical (unpaired) electrons. The Morgan fingerprint density at radius 3 is 2.50 bits per heavy atom. The zero-order valence-electron chi connectivity index (χ0n) is 9.90. The van der Waals surface area contributed by atoms with Gasteiger partial charge in [-0.1, -0.05) is 19.1 Å². The number of hydrogen-bond acceptors (Lipinski definition) is 3. The fourth-order valence-corrected chi connectivity index (χ4v) is 3.19. The number of nitrogen functional groups attached to an aromatic ring is 1. The number of anilines is 1. The Balaban J connectivity index is 3.27. The Kier molecular flexibility index (Phi) is 3.93. The summed E-state index contributed by atoms with van der Waals surface area (Å²) in [6.45, 7) is 4.19. The highest BCUT2D eigenvalue weighted by atomic mass is 32.2. The Morgan fingerprint density at radius 1 is 1.38 bits per heavy atom. The van der Waals surface area contributed by atoms with Crippen LogP contribution in [-0.4, -0.2) is 26.3 Å². The highest BCUT2D eigenvalue weighted by Crippen LogP contribution is 2.25. The van der Waals surface area contributed by atoms with Gasteiger partial charge in [0.25, 0.3) is 0 Å². The maximum absolute atomic E-state index is 12.2. The molecule has 0 atom stereocenters. The van der Waals surface area contributed by atoms with E-state index >= 15 is 0 Å². The number of rotatable bonds is 4. The zero-order valence-corrected chi connectivity index (χ0v) is 10.7. The maximum atomic E-state index is 12.2. The minimum atomic E-state index is -3.45. The molecule has 2 N–H and O–H groups in total. The van der Waals surface area contributed by atoms with Gasteiger partial charge in [-0.15, -0.1) is 0 Å². The first-order chi connectivity index (χ1) is 7.41. The van der Waals surface area contributed by atoms with Gasteiger partial charge in [-0.05, 0) is 25.0 Å². The van der Waals surface area contributed by atoms with Crippen LogP contribution in [0.4, 0.5) is 5.69 Å². The lowest BCUT2D eigenvalue weighted by Crippen LogP contribution is -2.28. The molecule has 0 aliphatic rings. The first-order valence-corrected chi connectivity index (χ1v) is 6.66. The third-order valence-corrected chi connectivity index (χ3v) is 4.53. The second-order valence-electron chi connectivity index (χ2n) is 3.82. The molecule has 1 rings (SSSR count). The molecule has 4 nitrogen and oxygen atoms in total. The molecule has 0 heterocycles. The standard InChI is InChI=1S/C11H18N2O2S/c1-4-8-13(3)16(14,15)11-9(2)6-5-7-10(11)12/h5-7H,4,8,12H2,1-3H3. The van der Waals surface area contributed by atoms with E-state index in [-0.39, 0.29) is 4.90 Å². The summed E-state index contributed by atoms with van der Waals surface area (Å²) in [5.74, 6) is 0. The second kappa shape index (κ2) is 4.84. The molecule has 1 aromatic carbocycles. The van der Waals surface area contributed by atoms with Gasteiger partial charge >= 0.3 is 0 Å². The summed E-state index contributed by atoms with van der Waals surface area (Å²) in [6, 6.07) is 5.12. The van der Waals surface area contributed by atoms with Crippen molar-refractivity contribution in [2.24, 2.45) is 0 Å². The minimum absolute atomic E-state index is 0.228. The molecule has 0 bridgehead atoms. The molecule has 0 unspecified atom stereocenters. The van der Waals surface area contributed by atoms with Crippen molar-refractivity contribution >= 4 is 15.7 Å². The molecule has 16 heavy (non-hydrogen) atoms. The van der Waals surface area contributed by atoms with Crippen molar-refractivity contribution in [3.05, 3.63) is 23.8 Å². The Hall–Kier alpha value is -1.07. The van der Waals surface area contributed by atoms with Crippen molar-refractivity contribution in [1.82, 2.24) is 4.31 Å². The van der Waals surface area contributed by atoms with Crippen LogP contribution in [0.1, 0.15) is 18.9 Å². The molecule has 0 saturated heterocycles. The summed E-state index contributed by atoms with van der Waals surface area (Å²) >= 11 is 0. The average molecular weight is 242 g/mol. The number of benzene rings is 1. The molecule has 0 aliphatic heterocycles. The van der Waals surface area contributed by atoms with Crippen LogP contribution in [0.5, 0.6) is 0 Å². The average Bonchev–Trinajstić information content (AvgIpc) is 2.17. The fourth-order valence-electron chi connectivity index (χ4n) is 1.62. The largest absolute Gasteiger partial charge is 0.398 e. The van der Waals surface area contributed by atoms with Crippen LogP contribution in [0.3, 0.4) is 0 Å². The molecule has 0 fully saturated rings. The predicted octanol–water partition coefficient (Wildman–Crippen LogP) is 1.61. The van der Waals surface area contributed by atoms with Crippen LogP contribution in [0.15, 0.2) is 23.1 Å². The molecule has 0 amide bonds. The summed E-state index contributed by atoms with van der Waals surface area (Å²) in [5.41, 5.74) is 6.73. The number of aryl methyl sites for hydroxylation is 1. The summed E-state index contributed by atoms with van der Waals surface area (Å²) < 4.78 is 25.8. The third kappa shape index (κ3) is 2.36. The molecule has 1 aromatic rings. The van der Waals surface area contributed by atoms with E-state index < -0.39 is 10.0 Å². The third-order valence-electron chi connectivity index (χ3n) is 2.45. The van der Waals surface area contributed by atoms with E-state index in [0.717, 1.165) is 6.42 Å². The lowest BCUT2D eigenvalue weighted by molar-refractivity contribution is 0.468. The van der Waals surface area contributed by atoms with Gasteiger partial charge in [0.1, 0.15) is 4.90 Å². The SMILES string of the molecule is CCCN(C)S(=O)(=O)c1c(C)cccc1N. The van der Waals surface area contributed by atoms with E-state index in [1.807, 2.05) is 6.92 Å². The van der Waals surface area contributed by atoms with Crippen molar-refractivity contribution < 1.29 is 8.42 Å². The van der Waals surface area contributed by atoms with Crippen LogP contribution in [0.25, 0.3) is 0 Å². The molecular formula is C11H18N2O2S. The smallest absolute Gasteiger partial charge is 0.245 e. The van der Waals surface area contributed by atoms with Crippen molar-refractivity contribution in [3.63, 3.8) is 0 Å². The normalized spacial score (nSPS) is 12.0. The predicted molar refractivity (Wildman–Crippen MR) is 65.7 cm³/mol. The summed E-state index contributed by atoms with van der Waals surface area (Å²) in [4.78, 5) is 0.228. The van der Waals surface area contributed by atoms with Crippen molar-refractivity contribution in [2.45, 2.75) is 25.2 Å². The van der Waals surface area contributed by atoms with E-state index in [2.05, 4.69) is 0 Å². The maximum Gasteiger partial charge on any atom is 0.245 e. The topological polar surface area (TPSA) is 63.4 Å². The monoisotopic (exact) mass is 242 g/mol. The first-order valence-electron chi connectivity index (χ1n) is 5.22. The van der Waals surface area contributed by atoms with Gasteiger partial charge in [-0.25, -0.2) is 12.7 Å². The van der Waals surface area contributed by atoms with Crippen molar-refractivity contribution in [3.8, 4) is 0 Å². The van der Waals surface area contributed by atoms with Crippen LogP contribution in [0.2, 0.25) is 0 Å². The Labute approximate surface area is 97.1 Å². The van der Waals surface area contributed by atoms with Crippen molar-refractivity contribution in [2.75, 3.05) is 19.3 Å². The fraction of sp³-hybridized carbons (Fsp3) is 0.455. The van der Waals surface area contributed by atoms with Crippen molar-refractivity contribution in [1.29, 1.82) is 0 Å². The van der Waals surface area contributed by atoms with E-state index in [4.69, 9.17) is 5.73 Å². The first kappa shape index (κ1) is 13.0. The van der Waals surface area contributed by atoms with Gasteiger partial charge in [0.15, 0.2) is 0 Å². The molecular weight excluding hydrogens is 224 g/mol. The van der Waals surface area contributed by atoms with Gasteiger partial charge in [-0.3, -0.25) is 0 Å². The lowest BCUT2D eigenvalue weighted by atomic mass is 10.2. The summed E-state index contributed by atoms with van der Waals surface area (Å²) in [5, 5.41) is 0. The van der Waals surface area contributed by atoms with Crippen LogP contribution in [0, 0.1) is 6.92 Å². The highest BCUT2D eigenvalue weighted by molar-refractivity contribution is 7.89. The van der Waals surface area contributed by atoms with E-state index in [1.165, 1.54) is 4.31 Å². The zero-order chi connectivity index (χ0) is 12.3. The molecule has 0 aromatic heterocycles. The van der Waals surface area contributed by atoms with E-state index in [1.54, 1.807) is 32.2 Å². The quantitative estimate of drug-likeness (QED) is 0.816. The number of hydrogen-bond donors (Lipinski definition) is 1. The molecule has 0 saturated carbocycles. The van der Waals surface area contributed by atoms with Gasteiger partial charge in [0, 0.05) is 13.6 Å². The van der Waals surface area contributed by atoms with E-state index in [0.29, 0.717) is 17.8 Å². The van der Waals surface area contributed by atoms with Gasteiger partial charge < -0.3 is 5.73 Å². The van der Waals surface area contributed by atoms with Gasteiger partial charge in [0.05, 0.1) is 5.69 Å². The number of nitrogens with zero attached hydrogens (tertiary/aromatic N) is 1. The molecule has 90 valence electrons. The molecule has 5 heteroatoms. The van der Waals surface area contributed by atoms with Crippen LogP contribution in [-0.2, 0) is 10.0 Å². The molecule has 0 aliphatic carbocycles. The Morgan fingerprint density at radius 2 is 2.00 bits per heavy atom. The number of nitrogens with two attached hydrogens (primary N) is 1. The van der Waals surface area contributed by atoms with Gasteiger partial charge in [-0.2, -0.15) is 0 Å². The van der Waals surface area contributed by atoms with Crippen LogP contribution < -0.4 is 5.73 Å². The lowest BCUT2D eigenvalue weighted by Gasteiger charge is -2.18. The van der Waals surface area contributed by atoms with Crippen LogP contribution >= 0.6 is 0 Å². The van der Waals surface area contributed by atoms with Gasteiger partial charge in [0.2, 0.25) is 10.0 Å². The number of sulfonamides is 1. The minimum Gasteiger partial charge on any atom is -0.398 e. The Bertz CT molecular complexity index is 449. The summed E-state index contributed by atoms with van der Waals surface area (Å²) in [7, 11) is -1.88. The summed E-state index contributed by atoms with van der Waals surface area (Å²) in [6.07, 6.45) is 0.779. The van der Waals surface area contributed by atoms with E-state index in [9.17, 15) is 8.42 Å². The molecule has 0 spiro atoms. The highest BCUT2D eigenvalue weighted by Gasteiger charge is 2.24.